The molecular weight excluding hydrogens is 234 g/mol. The molecule has 2 rings (SSSR count). The van der Waals surface area contributed by atoms with Crippen LogP contribution in [0.25, 0.3) is 0 Å². The summed E-state index contributed by atoms with van der Waals surface area (Å²) in [6.45, 7) is 1.59. The van der Waals surface area contributed by atoms with Crippen molar-refractivity contribution in [1.82, 2.24) is 5.32 Å². The third kappa shape index (κ3) is 2.77. The van der Waals surface area contributed by atoms with Crippen LogP contribution in [-0.2, 0) is 6.18 Å². The second-order valence-electron chi connectivity index (χ2n) is 4.26. The van der Waals surface area contributed by atoms with Crippen molar-refractivity contribution >= 4 is 0 Å². The van der Waals surface area contributed by atoms with Crippen LogP contribution in [0.3, 0.4) is 0 Å². The second kappa shape index (κ2) is 4.64. The normalized spacial score (nSPS) is 18.4. The molecule has 1 aliphatic heterocycles. The van der Waals surface area contributed by atoms with Crippen LogP contribution in [0, 0.1) is 5.82 Å². The molecule has 1 N–H and O–H groups in total. The first-order valence-corrected chi connectivity index (χ1v) is 5.56. The van der Waals surface area contributed by atoms with Gasteiger partial charge in [-0.2, -0.15) is 13.2 Å². The Kier molecular flexibility index (Phi) is 3.38. The largest absolute Gasteiger partial charge is 0.419 e. The van der Waals surface area contributed by atoms with Gasteiger partial charge in [-0.05, 0) is 49.5 Å². The van der Waals surface area contributed by atoms with E-state index in [4.69, 9.17) is 0 Å². The van der Waals surface area contributed by atoms with Crippen molar-refractivity contribution in [3.8, 4) is 0 Å². The topological polar surface area (TPSA) is 12.0 Å². The molecule has 0 aliphatic carbocycles. The highest BCUT2D eigenvalue weighted by Gasteiger charge is 2.34. The van der Waals surface area contributed by atoms with Crippen LogP contribution in [0.2, 0.25) is 0 Å². The van der Waals surface area contributed by atoms with Crippen molar-refractivity contribution < 1.29 is 17.6 Å². The number of rotatable bonds is 1. The van der Waals surface area contributed by atoms with E-state index in [2.05, 4.69) is 5.32 Å². The molecule has 0 bridgehead atoms. The Morgan fingerprint density at radius 1 is 1.12 bits per heavy atom. The van der Waals surface area contributed by atoms with Crippen molar-refractivity contribution in [3.05, 3.63) is 35.1 Å². The minimum atomic E-state index is -4.62. The second-order valence-corrected chi connectivity index (χ2v) is 4.26. The number of benzene rings is 1. The molecule has 1 heterocycles. The van der Waals surface area contributed by atoms with Gasteiger partial charge in [0, 0.05) is 0 Å². The summed E-state index contributed by atoms with van der Waals surface area (Å²) < 4.78 is 50.7. The fraction of sp³-hybridized carbons (Fsp3) is 0.500. The molecule has 0 atom stereocenters. The summed E-state index contributed by atoms with van der Waals surface area (Å²) in [6.07, 6.45) is -3.03. The predicted molar refractivity (Wildman–Crippen MR) is 56.2 cm³/mol. The Morgan fingerprint density at radius 3 is 2.35 bits per heavy atom. The van der Waals surface area contributed by atoms with Crippen molar-refractivity contribution in [2.75, 3.05) is 13.1 Å². The maximum absolute atomic E-state index is 13.1. The molecule has 1 fully saturated rings. The van der Waals surface area contributed by atoms with Gasteiger partial charge in [0.1, 0.15) is 5.82 Å². The minimum Gasteiger partial charge on any atom is -0.317 e. The van der Waals surface area contributed by atoms with Gasteiger partial charge < -0.3 is 5.32 Å². The van der Waals surface area contributed by atoms with Gasteiger partial charge in [0.05, 0.1) is 5.56 Å². The first-order valence-electron chi connectivity index (χ1n) is 5.56. The number of nitrogens with one attached hydrogen (secondary N) is 1. The van der Waals surface area contributed by atoms with E-state index in [1.165, 1.54) is 6.07 Å². The van der Waals surface area contributed by atoms with E-state index in [0.29, 0.717) is 5.56 Å². The van der Waals surface area contributed by atoms with Crippen LogP contribution >= 0.6 is 0 Å². The summed E-state index contributed by atoms with van der Waals surface area (Å²) in [4.78, 5) is 0. The van der Waals surface area contributed by atoms with Crippen molar-refractivity contribution in [2.24, 2.45) is 0 Å². The van der Waals surface area contributed by atoms with Crippen LogP contribution in [-0.4, -0.2) is 13.1 Å². The maximum atomic E-state index is 13.1. The summed E-state index contributed by atoms with van der Waals surface area (Å²) in [5, 5.41) is 3.14. The molecule has 0 aromatic heterocycles. The van der Waals surface area contributed by atoms with Gasteiger partial charge in [-0.1, -0.05) is 6.07 Å². The Hall–Kier alpha value is -1.10. The number of piperidine rings is 1. The van der Waals surface area contributed by atoms with E-state index in [1.807, 2.05) is 0 Å². The SMILES string of the molecule is Fc1ccc(C2CCNCC2)cc1C(F)(F)F. The average Bonchev–Trinajstić information content (AvgIpc) is 2.29. The van der Waals surface area contributed by atoms with E-state index in [-0.39, 0.29) is 5.92 Å². The van der Waals surface area contributed by atoms with E-state index in [0.717, 1.165) is 38.1 Å². The van der Waals surface area contributed by atoms with Crippen molar-refractivity contribution in [3.63, 3.8) is 0 Å². The molecule has 0 radical (unpaired) electrons. The van der Waals surface area contributed by atoms with Gasteiger partial charge in [-0.3, -0.25) is 0 Å². The number of halogens is 4. The van der Waals surface area contributed by atoms with Gasteiger partial charge in [-0.15, -0.1) is 0 Å². The Labute approximate surface area is 96.8 Å². The molecule has 1 nitrogen and oxygen atoms in total. The number of hydrogen-bond donors (Lipinski definition) is 1. The lowest BCUT2D eigenvalue weighted by atomic mass is 9.89. The maximum Gasteiger partial charge on any atom is 0.419 e. The zero-order valence-corrected chi connectivity index (χ0v) is 9.15. The molecule has 1 aromatic rings. The lowest BCUT2D eigenvalue weighted by Gasteiger charge is -2.23. The first-order chi connectivity index (χ1) is 7.98. The fourth-order valence-electron chi connectivity index (χ4n) is 2.17. The fourth-order valence-corrected chi connectivity index (χ4v) is 2.17. The lowest BCUT2D eigenvalue weighted by molar-refractivity contribution is -0.140. The van der Waals surface area contributed by atoms with Crippen LogP contribution in [0.15, 0.2) is 18.2 Å². The quantitative estimate of drug-likeness (QED) is 0.751. The van der Waals surface area contributed by atoms with E-state index < -0.39 is 17.6 Å². The average molecular weight is 247 g/mol. The summed E-state index contributed by atoms with van der Waals surface area (Å²) in [5.41, 5.74) is -0.575. The molecule has 94 valence electrons. The monoisotopic (exact) mass is 247 g/mol. The van der Waals surface area contributed by atoms with Crippen molar-refractivity contribution in [1.29, 1.82) is 0 Å². The van der Waals surface area contributed by atoms with Crippen LogP contribution < -0.4 is 5.32 Å². The molecule has 1 aliphatic rings. The van der Waals surface area contributed by atoms with Gasteiger partial charge in [-0.25, -0.2) is 4.39 Å². The third-order valence-electron chi connectivity index (χ3n) is 3.11. The van der Waals surface area contributed by atoms with Gasteiger partial charge >= 0.3 is 6.18 Å². The van der Waals surface area contributed by atoms with Crippen LogP contribution in [0.1, 0.15) is 29.9 Å². The molecule has 1 aromatic carbocycles. The smallest absolute Gasteiger partial charge is 0.317 e. The lowest BCUT2D eigenvalue weighted by Crippen LogP contribution is -2.26. The zero-order chi connectivity index (χ0) is 12.5. The molecule has 17 heavy (non-hydrogen) atoms. The first kappa shape index (κ1) is 12.4. The molecule has 0 unspecified atom stereocenters. The Morgan fingerprint density at radius 2 is 1.76 bits per heavy atom. The highest BCUT2D eigenvalue weighted by atomic mass is 19.4. The number of alkyl halides is 3. The predicted octanol–water partition coefficient (Wildman–Crippen LogP) is 3.31. The summed E-state index contributed by atoms with van der Waals surface area (Å²) in [5.74, 6) is -1.10. The summed E-state index contributed by atoms with van der Waals surface area (Å²) in [7, 11) is 0. The van der Waals surface area contributed by atoms with Gasteiger partial charge in [0.2, 0.25) is 0 Å². The highest BCUT2D eigenvalue weighted by Crippen LogP contribution is 2.34. The Bertz CT molecular complexity index is 394. The van der Waals surface area contributed by atoms with Gasteiger partial charge in [0.25, 0.3) is 0 Å². The van der Waals surface area contributed by atoms with E-state index in [9.17, 15) is 17.6 Å². The van der Waals surface area contributed by atoms with Gasteiger partial charge in [0.15, 0.2) is 0 Å². The molecule has 5 heteroatoms. The summed E-state index contributed by atoms with van der Waals surface area (Å²) >= 11 is 0. The minimum absolute atomic E-state index is 0.0953. The number of hydrogen-bond acceptors (Lipinski definition) is 1. The van der Waals surface area contributed by atoms with Crippen LogP contribution in [0.4, 0.5) is 17.6 Å². The standard InChI is InChI=1S/C12H13F4N/c13-11-2-1-9(7-10(11)12(14,15)16)8-3-5-17-6-4-8/h1-2,7-8,17H,3-6H2. The molecule has 0 saturated carbocycles. The molecule has 0 spiro atoms. The molecular formula is C12H13F4N. The van der Waals surface area contributed by atoms with Crippen LogP contribution in [0.5, 0.6) is 0 Å². The van der Waals surface area contributed by atoms with E-state index in [1.54, 1.807) is 0 Å². The highest BCUT2D eigenvalue weighted by molar-refractivity contribution is 5.30. The summed E-state index contributed by atoms with van der Waals surface area (Å²) in [6, 6.07) is 3.33. The Balaban J connectivity index is 2.30. The third-order valence-corrected chi connectivity index (χ3v) is 3.11. The van der Waals surface area contributed by atoms with Crippen molar-refractivity contribution in [2.45, 2.75) is 24.9 Å². The van der Waals surface area contributed by atoms with E-state index >= 15 is 0 Å². The zero-order valence-electron chi connectivity index (χ0n) is 9.15. The molecule has 1 saturated heterocycles. The molecule has 0 amide bonds.